The first-order valence-corrected chi connectivity index (χ1v) is 19.7. The molecule has 0 saturated carbocycles. The Balaban J connectivity index is 3.18. The molecule has 0 spiro atoms. The van der Waals surface area contributed by atoms with E-state index in [0.717, 1.165) is 32.1 Å². The molecule has 0 rings (SSSR count). The number of carbonyl (C=O) groups excluding carboxylic acids is 1. The summed E-state index contributed by atoms with van der Waals surface area (Å²) in [7, 11) is 0. The number of carboxylic acid groups (broad SMARTS) is 1. The Morgan fingerprint density at radius 3 is 1.14 bits per heavy atom. The van der Waals surface area contributed by atoms with Crippen molar-refractivity contribution in [3.8, 4) is 0 Å². The van der Waals surface area contributed by atoms with E-state index in [1.807, 2.05) is 0 Å². The van der Waals surface area contributed by atoms with Crippen LogP contribution in [0.5, 0.6) is 0 Å². The monoisotopic (exact) mass is 621 g/mol. The summed E-state index contributed by atoms with van der Waals surface area (Å²) in [6.07, 6.45) is 46.6. The van der Waals surface area contributed by atoms with Crippen molar-refractivity contribution in [2.75, 3.05) is 6.61 Å². The third kappa shape index (κ3) is 38.7. The summed E-state index contributed by atoms with van der Waals surface area (Å²) in [5.74, 6) is -0.662. The second-order valence-corrected chi connectivity index (χ2v) is 13.4. The van der Waals surface area contributed by atoms with Gasteiger partial charge in [-0.15, -0.1) is 0 Å². The molecule has 0 aliphatic rings. The van der Waals surface area contributed by atoms with Gasteiger partial charge in [0.25, 0.3) is 0 Å². The summed E-state index contributed by atoms with van der Waals surface area (Å²) in [4.78, 5) is 22.4. The fourth-order valence-corrected chi connectivity index (χ4v) is 5.98. The molecule has 0 aliphatic carbocycles. The lowest BCUT2D eigenvalue weighted by Gasteiger charge is -2.06. The zero-order valence-electron chi connectivity index (χ0n) is 29.6. The number of esters is 1. The van der Waals surface area contributed by atoms with Crippen LogP contribution in [0.2, 0.25) is 0 Å². The van der Waals surface area contributed by atoms with E-state index in [1.165, 1.54) is 173 Å². The van der Waals surface area contributed by atoms with Crippen LogP contribution in [0.3, 0.4) is 0 Å². The Morgan fingerprint density at radius 2 is 0.750 bits per heavy atom. The molecular weight excluding hydrogens is 544 g/mol. The maximum Gasteiger partial charge on any atom is 0.305 e. The standard InChI is InChI=1S/C40H76O4/c1-2-3-4-5-6-7-8-9-10-11-12-13-16-19-22-25-28-31-34-37-40(43)44-38-35-32-29-26-23-20-17-14-15-18-21-24-27-30-33-36-39(41)42/h9-10H,2-8,11-38H2,1H3,(H,41,42). The van der Waals surface area contributed by atoms with E-state index in [2.05, 4.69) is 19.1 Å². The molecule has 0 aromatic heterocycles. The van der Waals surface area contributed by atoms with Crippen molar-refractivity contribution in [2.24, 2.45) is 0 Å². The molecule has 0 atom stereocenters. The average Bonchev–Trinajstić information content (AvgIpc) is 3.01. The fourth-order valence-electron chi connectivity index (χ4n) is 5.98. The second-order valence-electron chi connectivity index (χ2n) is 13.4. The molecule has 4 heteroatoms. The largest absolute Gasteiger partial charge is 0.481 e. The van der Waals surface area contributed by atoms with E-state index in [1.54, 1.807) is 0 Å². The number of hydrogen-bond acceptors (Lipinski definition) is 3. The van der Waals surface area contributed by atoms with Crippen molar-refractivity contribution >= 4 is 11.9 Å². The highest BCUT2D eigenvalue weighted by atomic mass is 16.5. The molecular formula is C40H76O4. The molecule has 0 unspecified atom stereocenters. The third-order valence-electron chi connectivity index (χ3n) is 8.94. The van der Waals surface area contributed by atoms with Crippen LogP contribution >= 0.6 is 0 Å². The first kappa shape index (κ1) is 42.7. The summed E-state index contributed by atoms with van der Waals surface area (Å²) in [6, 6.07) is 0. The normalized spacial score (nSPS) is 11.5. The van der Waals surface area contributed by atoms with Gasteiger partial charge in [-0.3, -0.25) is 9.59 Å². The molecule has 0 bridgehead atoms. The van der Waals surface area contributed by atoms with Crippen LogP contribution < -0.4 is 0 Å². The molecule has 0 aromatic rings. The second kappa shape index (κ2) is 37.9. The fraction of sp³-hybridized carbons (Fsp3) is 0.900. The molecule has 260 valence electrons. The van der Waals surface area contributed by atoms with Crippen LogP contribution in [0, 0.1) is 0 Å². The van der Waals surface area contributed by atoms with Gasteiger partial charge in [-0.05, 0) is 44.9 Å². The topological polar surface area (TPSA) is 63.6 Å². The lowest BCUT2D eigenvalue weighted by Crippen LogP contribution is -2.05. The Morgan fingerprint density at radius 1 is 0.432 bits per heavy atom. The first-order valence-electron chi connectivity index (χ1n) is 19.7. The van der Waals surface area contributed by atoms with Gasteiger partial charge < -0.3 is 9.84 Å². The van der Waals surface area contributed by atoms with Crippen LogP contribution in [-0.4, -0.2) is 23.7 Å². The SMILES string of the molecule is CCCCCCCCC=CCCCCCCCCCCCC(=O)OCCCCCCCCCCCCCCCCCC(=O)O. The zero-order chi connectivity index (χ0) is 32.0. The number of aliphatic carboxylic acids is 1. The summed E-state index contributed by atoms with van der Waals surface area (Å²) in [5, 5.41) is 8.63. The Kier molecular flexibility index (Phi) is 36.7. The first-order chi connectivity index (χ1) is 21.7. The molecule has 0 aromatic carbocycles. The highest BCUT2D eigenvalue weighted by Crippen LogP contribution is 2.15. The summed E-state index contributed by atoms with van der Waals surface area (Å²) in [5.41, 5.74) is 0. The maximum atomic E-state index is 12.0. The van der Waals surface area contributed by atoms with E-state index in [-0.39, 0.29) is 5.97 Å². The third-order valence-corrected chi connectivity index (χ3v) is 8.94. The van der Waals surface area contributed by atoms with Crippen molar-refractivity contribution in [2.45, 2.75) is 225 Å². The highest BCUT2D eigenvalue weighted by molar-refractivity contribution is 5.69. The summed E-state index contributed by atoms with van der Waals surface area (Å²) < 4.78 is 5.44. The number of allylic oxidation sites excluding steroid dienone is 2. The number of unbranched alkanes of at least 4 members (excludes halogenated alkanes) is 29. The van der Waals surface area contributed by atoms with Gasteiger partial charge in [-0.2, -0.15) is 0 Å². The van der Waals surface area contributed by atoms with Crippen LogP contribution in [0.25, 0.3) is 0 Å². The predicted octanol–water partition coefficient (Wildman–Crippen LogP) is 13.5. The predicted molar refractivity (Wildman–Crippen MR) is 190 cm³/mol. The quantitative estimate of drug-likeness (QED) is 0.0426. The Hall–Kier alpha value is -1.32. The number of ether oxygens (including phenoxy) is 1. The number of hydrogen-bond donors (Lipinski definition) is 1. The van der Waals surface area contributed by atoms with Crippen molar-refractivity contribution in [1.29, 1.82) is 0 Å². The van der Waals surface area contributed by atoms with Crippen molar-refractivity contribution in [3.05, 3.63) is 12.2 Å². The Bertz CT molecular complexity index is 614. The van der Waals surface area contributed by atoms with Crippen molar-refractivity contribution in [1.82, 2.24) is 0 Å². The van der Waals surface area contributed by atoms with Gasteiger partial charge in [-0.1, -0.05) is 180 Å². The van der Waals surface area contributed by atoms with Crippen molar-refractivity contribution in [3.63, 3.8) is 0 Å². The van der Waals surface area contributed by atoms with Crippen LogP contribution in [0.4, 0.5) is 0 Å². The minimum atomic E-state index is -0.666. The number of carbonyl (C=O) groups is 2. The van der Waals surface area contributed by atoms with Gasteiger partial charge in [0.2, 0.25) is 0 Å². The molecule has 0 saturated heterocycles. The molecule has 0 amide bonds. The minimum Gasteiger partial charge on any atom is -0.481 e. The van der Waals surface area contributed by atoms with Crippen LogP contribution in [0.1, 0.15) is 225 Å². The van der Waals surface area contributed by atoms with E-state index < -0.39 is 5.97 Å². The lowest BCUT2D eigenvalue weighted by atomic mass is 10.0. The van der Waals surface area contributed by atoms with Gasteiger partial charge in [0.05, 0.1) is 6.61 Å². The van der Waals surface area contributed by atoms with Gasteiger partial charge in [-0.25, -0.2) is 0 Å². The van der Waals surface area contributed by atoms with E-state index in [9.17, 15) is 9.59 Å². The molecule has 44 heavy (non-hydrogen) atoms. The summed E-state index contributed by atoms with van der Waals surface area (Å²) in [6.45, 7) is 2.88. The van der Waals surface area contributed by atoms with Gasteiger partial charge >= 0.3 is 11.9 Å². The highest BCUT2D eigenvalue weighted by Gasteiger charge is 2.03. The van der Waals surface area contributed by atoms with Gasteiger partial charge in [0.15, 0.2) is 0 Å². The maximum absolute atomic E-state index is 12.0. The smallest absolute Gasteiger partial charge is 0.305 e. The van der Waals surface area contributed by atoms with Gasteiger partial charge in [0, 0.05) is 12.8 Å². The van der Waals surface area contributed by atoms with E-state index >= 15 is 0 Å². The Labute approximate surface area is 275 Å². The minimum absolute atomic E-state index is 0.00390. The zero-order valence-corrected chi connectivity index (χ0v) is 29.6. The number of rotatable bonds is 37. The molecule has 0 fully saturated rings. The molecule has 0 heterocycles. The van der Waals surface area contributed by atoms with Crippen LogP contribution in [-0.2, 0) is 14.3 Å². The molecule has 4 nitrogen and oxygen atoms in total. The molecule has 1 N–H and O–H groups in total. The average molecular weight is 621 g/mol. The lowest BCUT2D eigenvalue weighted by molar-refractivity contribution is -0.144. The molecule has 0 aliphatic heterocycles. The van der Waals surface area contributed by atoms with E-state index in [4.69, 9.17) is 9.84 Å². The van der Waals surface area contributed by atoms with E-state index in [0.29, 0.717) is 19.4 Å². The van der Waals surface area contributed by atoms with Crippen LogP contribution in [0.15, 0.2) is 12.2 Å². The van der Waals surface area contributed by atoms with Crippen molar-refractivity contribution < 1.29 is 19.4 Å². The van der Waals surface area contributed by atoms with Gasteiger partial charge in [0.1, 0.15) is 0 Å². The molecule has 0 radical (unpaired) electrons. The number of carboxylic acids is 1. The summed E-state index contributed by atoms with van der Waals surface area (Å²) >= 11 is 0.